The van der Waals surface area contributed by atoms with Crippen molar-refractivity contribution >= 4 is 9.84 Å². The zero-order valence-electron chi connectivity index (χ0n) is 13.1. The zero-order valence-corrected chi connectivity index (χ0v) is 13.9. The van der Waals surface area contributed by atoms with Crippen LogP contribution in [0.1, 0.15) is 61.3 Å². The first-order valence-corrected chi connectivity index (χ1v) is 8.48. The first-order valence-electron chi connectivity index (χ1n) is 6.82. The molecule has 0 aromatic carbocycles. The molecule has 0 aliphatic rings. The first-order chi connectivity index (χ1) is 7.85. The highest BCUT2D eigenvalue weighted by Gasteiger charge is 2.28. The highest BCUT2D eigenvalue weighted by Crippen LogP contribution is 2.18. The molecule has 0 aromatic heterocycles. The van der Waals surface area contributed by atoms with Crippen LogP contribution in [-0.2, 0) is 9.84 Å². The molecule has 4 heteroatoms. The van der Waals surface area contributed by atoms with Crippen LogP contribution < -0.4 is 5.32 Å². The molecule has 110 valence electrons. The maximum atomic E-state index is 11.9. The number of hydrogen-bond donors (Lipinski definition) is 1. The van der Waals surface area contributed by atoms with Crippen molar-refractivity contribution in [2.75, 3.05) is 12.3 Å². The molecule has 1 N–H and O–H groups in total. The maximum Gasteiger partial charge on any atom is 0.155 e. The van der Waals surface area contributed by atoms with E-state index in [1.165, 1.54) is 0 Å². The Hall–Kier alpha value is -0.0900. The van der Waals surface area contributed by atoms with Gasteiger partial charge in [-0.25, -0.2) is 8.42 Å². The molecule has 0 saturated carbocycles. The van der Waals surface area contributed by atoms with Gasteiger partial charge < -0.3 is 5.32 Å². The van der Waals surface area contributed by atoms with Crippen LogP contribution in [0.4, 0.5) is 0 Å². The molecule has 3 nitrogen and oxygen atoms in total. The lowest BCUT2D eigenvalue weighted by Gasteiger charge is -2.24. The molecular formula is C14H31NO2S. The third-order valence-corrected chi connectivity index (χ3v) is 5.72. The second-order valence-corrected chi connectivity index (χ2v) is 10.2. The Bertz CT molecular complexity index is 334. The topological polar surface area (TPSA) is 46.2 Å². The van der Waals surface area contributed by atoms with Crippen molar-refractivity contribution in [3.63, 3.8) is 0 Å². The minimum Gasteiger partial charge on any atom is -0.312 e. The molecule has 0 bridgehead atoms. The van der Waals surface area contributed by atoms with Crippen molar-refractivity contribution in [1.82, 2.24) is 5.32 Å². The summed E-state index contributed by atoms with van der Waals surface area (Å²) in [5.74, 6) is 0.815. The van der Waals surface area contributed by atoms with E-state index in [-0.39, 0.29) is 5.54 Å². The summed E-state index contributed by atoms with van der Waals surface area (Å²) in [7, 11) is -2.96. The monoisotopic (exact) mass is 277 g/mol. The fraction of sp³-hybridized carbons (Fsp3) is 1.00. The van der Waals surface area contributed by atoms with Gasteiger partial charge in [-0.15, -0.1) is 0 Å². The third-order valence-electron chi connectivity index (χ3n) is 3.02. The van der Waals surface area contributed by atoms with Gasteiger partial charge in [-0.2, -0.15) is 0 Å². The molecular weight excluding hydrogens is 246 g/mol. The largest absolute Gasteiger partial charge is 0.312 e. The Morgan fingerprint density at radius 3 is 1.94 bits per heavy atom. The van der Waals surface area contributed by atoms with E-state index in [0.29, 0.717) is 11.7 Å². The van der Waals surface area contributed by atoms with E-state index in [0.717, 1.165) is 19.4 Å². The SMILES string of the molecule is CC(CCCS(=O)(=O)C(C)(C)C)CNC(C)(C)C. The Labute approximate surface area is 114 Å². The second kappa shape index (κ2) is 6.38. The van der Waals surface area contributed by atoms with Crippen LogP contribution in [0.2, 0.25) is 0 Å². The molecule has 0 saturated heterocycles. The molecule has 0 aromatic rings. The van der Waals surface area contributed by atoms with Gasteiger partial charge in [0.05, 0.1) is 10.5 Å². The fourth-order valence-electron chi connectivity index (χ4n) is 1.51. The Kier molecular flexibility index (Phi) is 6.34. The molecule has 0 rings (SSSR count). The predicted molar refractivity (Wildman–Crippen MR) is 79.7 cm³/mol. The second-order valence-electron chi connectivity index (χ2n) is 7.31. The van der Waals surface area contributed by atoms with Gasteiger partial charge in [0.15, 0.2) is 9.84 Å². The first kappa shape index (κ1) is 17.9. The van der Waals surface area contributed by atoms with Gasteiger partial charge in [-0.1, -0.05) is 6.92 Å². The van der Waals surface area contributed by atoms with Gasteiger partial charge in [-0.05, 0) is 66.8 Å². The van der Waals surface area contributed by atoms with Crippen molar-refractivity contribution < 1.29 is 8.42 Å². The van der Waals surface area contributed by atoms with E-state index >= 15 is 0 Å². The summed E-state index contributed by atoms with van der Waals surface area (Å²) in [6, 6.07) is 0. The van der Waals surface area contributed by atoms with Crippen molar-refractivity contribution in [1.29, 1.82) is 0 Å². The third kappa shape index (κ3) is 7.37. The summed E-state index contributed by atoms with van der Waals surface area (Å²) in [6.45, 7) is 14.9. The molecule has 1 atom stereocenters. The standard InChI is InChI=1S/C14H31NO2S/c1-12(11-15-13(2,3)4)9-8-10-18(16,17)14(5,6)7/h12,15H,8-11H2,1-7H3. The van der Waals surface area contributed by atoms with Crippen molar-refractivity contribution in [2.24, 2.45) is 5.92 Å². The van der Waals surface area contributed by atoms with Crippen molar-refractivity contribution in [3.05, 3.63) is 0 Å². The highest BCUT2D eigenvalue weighted by atomic mass is 32.2. The molecule has 0 fully saturated rings. The lowest BCUT2D eigenvalue weighted by molar-refractivity contribution is 0.371. The number of rotatable bonds is 6. The Morgan fingerprint density at radius 1 is 1.06 bits per heavy atom. The van der Waals surface area contributed by atoms with Crippen LogP contribution in [-0.4, -0.2) is 31.0 Å². The van der Waals surface area contributed by atoms with Gasteiger partial charge in [0.25, 0.3) is 0 Å². The molecule has 0 radical (unpaired) electrons. The number of sulfone groups is 1. The zero-order chi connectivity index (χ0) is 14.6. The lowest BCUT2D eigenvalue weighted by atomic mass is 10.0. The number of nitrogens with one attached hydrogen (secondary N) is 1. The molecule has 0 amide bonds. The van der Waals surface area contributed by atoms with Crippen molar-refractivity contribution in [2.45, 2.75) is 71.6 Å². The van der Waals surface area contributed by atoms with E-state index in [2.05, 4.69) is 33.0 Å². The molecule has 0 aliphatic heterocycles. The van der Waals surface area contributed by atoms with Crippen LogP contribution in [0.5, 0.6) is 0 Å². The average Bonchev–Trinajstić information content (AvgIpc) is 2.11. The van der Waals surface area contributed by atoms with E-state index in [1.54, 1.807) is 20.8 Å². The summed E-state index contributed by atoms with van der Waals surface area (Å²) in [5, 5.41) is 3.45. The van der Waals surface area contributed by atoms with E-state index < -0.39 is 14.6 Å². The maximum absolute atomic E-state index is 11.9. The highest BCUT2D eigenvalue weighted by molar-refractivity contribution is 7.92. The average molecular weight is 277 g/mol. The molecule has 0 spiro atoms. The lowest BCUT2D eigenvalue weighted by Crippen LogP contribution is -2.38. The summed E-state index contributed by atoms with van der Waals surface area (Å²) in [4.78, 5) is 0. The Morgan fingerprint density at radius 2 is 1.56 bits per heavy atom. The van der Waals surface area contributed by atoms with Crippen LogP contribution in [0.25, 0.3) is 0 Å². The van der Waals surface area contributed by atoms with Gasteiger partial charge in [0.1, 0.15) is 0 Å². The Balaban J connectivity index is 4.00. The molecule has 0 aliphatic carbocycles. The summed E-state index contributed by atoms with van der Waals surface area (Å²) in [5.41, 5.74) is 0.131. The molecule has 1 unspecified atom stereocenters. The van der Waals surface area contributed by atoms with Crippen LogP contribution in [0, 0.1) is 5.92 Å². The summed E-state index contributed by atoms with van der Waals surface area (Å²) < 4.78 is 23.2. The van der Waals surface area contributed by atoms with E-state index in [9.17, 15) is 8.42 Å². The van der Waals surface area contributed by atoms with E-state index in [4.69, 9.17) is 0 Å². The van der Waals surface area contributed by atoms with E-state index in [1.807, 2.05) is 0 Å². The summed E-state index contributed by atoms with van der Waals surface area (Å²) >= 11 is 0. The van der Waals surface area contributed by atoms with Gasteiger partial charge in [0, 0.05) is 5.54 Å². The van der Waals surface area contributed by atoms with Crippen LogP contribution in [0.3, 0.4) is 0 Å². The van der Waals surface area contributed by atoms with Gasteiger partial charge in [-0.3, -0.25) is 0 Å². The minimum atomic E-state index is -2.96. The number of hydrogen-bond acceptors (Lipinski definition) is 3. The predicted octanol–water partition coefficient (Wildman–Crippen LogP) is 3.00. The fourth-order valence-corrected chi connectivity index (χ4v) is 2.67. The smallest absolute Gasteiger partial charge is 0.155 e. The quantitative estimate of drug-likeness (QED) is 0.812. The minimum absolute atomic E-state index is 0.131. The van der Waals surface area contributed by atoms with Gasteiger partial charge in [0.2, 0.25) is 0 Å². The molecule has 0 heterocycles. The van der Waals surface area contributed by atoms with Gasteiger partial charge >= 0.3 is 0 Å². The van der Waals surface area contributed by atoms with Crippen LogP contribution >= 0.6 is 0 Å². The molecule has 18 heavy (non-hydrogen) atoms. The summed E-state index contributed by atoms with van der Waals surface area (Å²) in [6.07, 6.45) is 1.71. The van der Waals surface area contributed by atoms with Crippen molar-refractivity contribution in [3.8, 4) is 0 Å². The van der Waals surface area contributed by atoms with Crippen LogP contribution in [0.15, 0.2) is 0 Å². The normalized spacial score (nSPS) is 15.7.